The van der Waals surface area contributed by atoms with Crippen LogP contribution in [0.2, 0.25) is 5.02 Å². The molecule has 0 saturated heterocycles. The molecule has 0 N–H and O–H groups in total. The highest BCUT2D eigenvalue weighted by Crippen LogP contribution is 2.22. The molecule has 0 aliphatic rings. The lowest BCUT2D eigenvalue weighted by Crippen LogP contribution is -1.76. The molecule has 0 amide bonds. The van der Waals surface area contributed by atoms with Crippen molar-refractivity contribution >= 4 is 22.9 Å². The lowest BCUT2D eigenvalue weighted by atomic mass is 10.2. The zero-order valence-electron chi connectivity index (χ0n) is 6.83. The van der Waals surface area contributed by atoms with Crippen molar-refractivity contribution < 1.29 is 0 Å². The first kappa shape index (κ1) is 8.73. The maximum Gasteiger partial charge on any atom is 0.0936 e. The van der Waals surface area contributed by atoms with Crippen LogP contribution < -0.4 is 0 Å². The number of halogens is 1. The summed E-state index contributed by atoms with van der Waals surface area (Å²) in [6.45, 7) is 3.77. The molecule has 2 aromatic rings. The Morgan fingerprint density at radius 3 is 2.46 bits per heavy atom. The zero-order valence-corrected chi connectivity index (χ0v) is 8.40. The highest BCUT2D eigenvalue weighted by Gasteiger charge is 2.00. The van der Waals surface area contributed by atoms with Gasteiger partial charge in [-0.25, -0.2) is 4.98 Å². The molecule has 65 valence electrons. The lowest BCUT2D eigenvalue weighted by molar-refractivity contribution is 1.36. The molecule has 1 heterocycles. The van der Waals surface area contributed by atoms with E-state index in [2.05, 4.69) is 11.9 Å². The smallest absolute Gasteiger partial charge is 0.0936 e. The molecule has 0 fully saturated rings. The minimum Gasteiger partial charge on any atom is -0.241 e. The highest BCUT2D eigenvalue weighted by molar-refractivity contribution is 7.10. The van der Waals surface area contributed by atoms with E-state index in [4.69, 9.17) is 11.6 Å². The van der Waals surface area contributed by atoms with E-state index in [1.165, 1.54) is 0 Å². The van der Waals surface area contributed by atoms with Gasteiger partial charge in [0.15, 0.2) is 0 Å². The first-order valence-electron chi connectivity index (χ1n) is 3.79. The predicted octanol–water partition coefficient (Wildman–Crippen LogP) is 3.65. The maximum atomic E-state index is 5.77. The maximum absolute atomic E-state index is 5.77. The summed E-state index contributed by atoms with van der Waals surface area (Å²) in [7, 11) is 0. The van der Waals surface area contributed by atoms with Crippen LogP contribution in [0.25, 0.3) is 11.3 Å². The number of nitrogens with zero attached hydrogens (tertiary/aromatic N) is 1. The number of hydrogen-bond acceptors (Lipinski definition) is 2. The number of hydrogen-bond donors (Lipinski definition) is 0. The third-order valence-corrected chi connectivity index (χ3v) is 2.65. The molecule has 2 rings (SSSR count). The Bertz CT molecular complexity index is 405. The molecule has 1 aromatic heterocycles. The minimum absolute atomic E-state index is 0.744. The Labute approximate surface area is 86.0 Å². The molecule has 1 aromatic carbocycles. The van der Waals surface area contributed by atoms with Gasteiger partial charge in [0.25, 0.3) is 0 Å². The molecule has 1 nitrogen and oxygen atoms in total. The van der Waals surface area contributed by atoms with Crippen LogP contribution in [0.4, 0.5) is 0 Å². The van der Waals surface area contributed by atoms with E-state index in [0.29, 0.717) is 0 Å². The van der Waals surface area contributed by atoms with Crippen molar-refractivity contribution in [3.05, 3.63) is 46.6 Å². The standard InChI is InChI=1S/C10H7ClNS/c1-7-12-10(6-13-7)8-2-4-9(11)5-3-8/h2-6H,1H2. The van der Waals surface area contributed by atoms with Crippen LogP contribution in [0.5, 0.6) is 0 Å². The van der Waals surface area contributed by atoms with Crippen LogP contribution in [0, 0.1) is 6.92 Å². The van der Waals surface area contributed by atoms with Crippen LogP contribution in [0.15, 0.2) is 29.6 Å². The second-order valence-electron chi connectivity index (χ2n) is 2.63. The highest BCUT2D eigenvalue weighted by atomic mass is 35.5. The normalized spacial score (nSPS) is 10.3. The van der Waals surface area contributed by atoms with Gasteiger partial charge in [0.2, 0.25) is 0 Å². The second-order valence-corrected chi connectivity index (χ2v) is 4.01. The molecule has 0 unspecified atom stereocenters. The Balaban J connectivity index is 2.41. The van der Waals surface area contributed by atoms with Gasteiger partial charge in [-0.2, -0.15) is 0 Å². The summed E-state index contributed by atoms with van der Waals surface area (Å²) in [6, 6.07) is 7.63. The molecule has 0 bridgehead atoms. The fraction of sp³-hybridized carbons (Fsp3) is 0. The summed E-state index contributed by atoms with van der Waals surface area (Å²) in [5.74, 6) is 0. The summed E-state index contributed by atoms with van der Waals surface area (Å²) in [5.41, 5.74) is 2.04. The molecular formula is C10H7ClNS. The molecule has 0 saturated carbocycles. The van der Waals surface area contributed by atoms with Crippen molar-refractivity contribution in [1.82, 2.24) is 4.98 Å². The third-order valence-electron chi connectivity index (χ3n) is 1.69. The van der Waals surface area contributed by atoms with E-state index in [1.54, 1.807) is 11.3 Å². The van der Waals surface area contributed by atoms with Crippen LogP contribution in [-0.2, 0) is 0 Å². The summed E-state index contributed by atoms with van der Waals surface area (Å²) in [4.78, 5) is 4.27. The average Bonchev–Trinajstić information content (AvgIpc) is 2.53. The molecule has 0 spiro atoms. The van der Waals surface area contributed by atoms with E-state index in [0.717, 1.165) is 21.3 Å². The Hall–Kier alpha value is -0.860. The summed E-state index contributed by atoms with van der Waals surface area (Å²) in [5, 5.41) is 3.57. The van der Waals surface area contributed by atoms with Gasteiger partial charge in [0.1, 0.15) is 0 Å². The number of benzene rings is 1. The van der Waals surface area contributed by atoms with Gasteiger partial charge in [0.05, 0.1) is 10.7 Å². The molecule has 13 heavy (non-hydrogen) atoms. The summed E-state index contributed by atoms with van der Waals surface area (Å²) >= 11 is 7.32. The molecule has 0 aliphatic carbocycles. The number of rotatable bonds is 1. The Morgan fingerprint density at radius 1 is 1.23 bits per heavy atom. The van der Waals surface area contributed by atoms with Crippen LogP contribution in [-0.4, -0.2) is 4.98 Å². The van der Waals surface area contributed by atoms with Gasteiger partial charge >= 0.3 is 0 Å². The SMILES string of the molecule is [CH2]c1nc(-c2ccc(Cl)cc2)cs1. The molecular weight excluding hydrogens is 202 g/mol. The van der Waals surface area contributed by atoms with Gasteiger partial charge < -0.3 is 0 Å². The Morgan fingerprint density at radius 2 is 1.92 bits per heavy atom. The van der Waals surface area contributed by atoms with Crippen molar-refractivity contribution in [1.29, 1.82) is 0 Å². The Kier molecular flexibility index (Phi) is 2.34. The first-order valence-corrected chi connectivity index (χ1v) is 5.05. The van der Waals surface area contributed by atoms with Gasteiger partial charge in [-0.3, -0.25) is 0 Å². The van der Waals surface area contributed by atoms with Crippen LogP contribution in [0.3, 0.4) is 0 Å². The van der Waals surface area contributed by atoms with Gasteiger partial charge in [-0.05, 0) is 12.1 Å². The quantitative estimate of drug-likeness (QED) is 0.697. The average molecular weight is 209 g/mol. The van der Waals surface area contributed by atoms with Crippen LogP contribution >= 0.6 is 22.9 Å². The predicted molar refractivity (Wildman–Crippen MR) is 57.0 cm³/mol. The molecule has 0 atom stereocenters. The fourth-order valence-corrected chi connectivity index (χ4v) is 1.78. The molecule has 3 heteroatoms. The van der Waals surface area contributed by atoms with Crippen molar-refractivity contribution in [2.45, 2.75) is 0 Å². The fourth-order valence-electron chi connectivity index (χ4n) is 1.06. The third kappa shape index (κ3) is 1.90. The van der Waals surface area contributed by atoms with E-state index >= 15 is 0 Å². The minimum atomic E-state index is 0.744. The van der Waals surface area contributed by atoms with Gasteiger partial charge in [0, 0.05) is 22.9 Å². The van der Waals surface area contributed by atoms with E-state index in [-0.39, 0.29) is 0 Å². The van der Waals surface area contributed by atoms with Crippen molar-refractivity contribution in [3.63, 3.8) is 0 Å². The second kappa shape index (κ2) is 3.48. The monoisotopic (exact) mass is 208 g/mol. The van der Waals surface area contributed by atoms with Crippen molar-refractivity contribution in [2.75, 3.05) is 0 Å². The number of aromatic nitrogens is 1. The topological polar surface area (TPSA) is 12.9 Å². The lowest BCUT2D eigenvalue weighted by Gasteiger charge is -1.95. The largest absolute Gasteiger partial charge is 0.241 e. The molecule has 1 radical (unpaired) electrons. The first-order chi connectivity index (χ1) is 6.25. The summed E-state index contributed by atoms with van der Waals surface area (Å²) < 4.78 is 0. The number of thiazole rings is 1. The van der Waals surface area contributed by atoms with E-state index < -0.39 is 0 Å². The summed E-state index contributed by atoms with van der Waals surface area (Å²) in [6.07, 6.45) is 0. The van der Waals surface area contributed by atoms with Gasteiger partial charge in [-0.15, -0.1) is 11.3 Å². The van der Waals surface area contributed by atoms with Crippen molar-refractivity contribution in [3.8, 4) is 11.3 Å². The zero-order chi connectivity index (χ0) is 9.26. The van der Waals surface area contributed by atoms with Gasteiger partial charge in [-0.1, -0.05) is 23.7 Å². The van der Waals surface area contributed by atoms with Crippen molar-refractivity contribution in [2.24, 2.45) is 0 Å². The molecule has 0 aliphatic heterocycles. The van der Waals surface area contributed by atoms with E-state index in [9.17, 15) is 0 Å². The van der Waals surface area contributed by atoms with E-state index in [1.807, 2.05) is 29.6 Å². The van der Waals surface area contributed by atoms with Crippen LogP contribution in [0.1, 0.15) is 5.01 Å².